The van der Waals surface area contributed by atoms with Crippen LogP contribution in [0.15, 0.2) is 0 Å². The maximum absolute atomic E-state index is 11.3. The number of hydrogen-bond acceptors (Lipinski definition) is 3. The lowest BCUT2D eigenvalue weighted by Gasteiger charge is -2.09. The van der Waals surface area contributed by atoms with Crippen LogP contribution in [0.2, 0.25) is 0 Å². The number of carbonyl (C=O) groups excluding carboxylic acids is 1. The van der Waals surface area contributed by atoms with E-state index in [1.54, 1.807) is 0 Å². The highest BCUT2D eigenvalue weighted by molar-refractivity contribution is 5.75. The van der Waals surface area contributed by atoms with Crippen LogP contribution in [0.5, 0.6) is 0 Å². The molecule has 1 fully saturated rings. The van der Waals surface area contributed by atoms with Gasteiger partial charge in [0.2, 0.25) is 5.91 Å². The molecular formula is C11H21NO3. The number of rotatable bonds is 7. The van der Waals surface area contributed by atoms with Crippen LogP contribution in [0.4, 0.5) is 0 Å². The van der Waals surface area contributed by atoms with Gasteiger partial charge in [-0.1, -0.05) is 0 Å². The fraction of sp³-hybridized carbons (Fsp3) is 0.909. The molecule has 1 unspecified atom stereocenters. The average Bonchev–Trinajstić information content (AvgIpc) is 2.71. The molecule has 0 aliphatic carbocycles. The van der Waals surface area contributed by atoms with Gasteiger partial charge in [-0.25, -0.2) is 0 Å². The van der Waals surface area contributed by atoms with Gasteiger partial charge in [0.05, 0.1) is 6.10 Å². The number of nitrogens with one attached hydrogen (secondary N) is 1. The lowest BCUT2D eigenvalue weighted by atomic mass is 10.2. The monoisotopic (exact) mass is 215 g/mol. The van der Waals surface area contributed by atoms with Gasteiger partial charge in [0.1, 0.15) is 0 Å². The van der Waals surface area contributed by atoms with Crippen molar-refractivity contribution in [2.45, 2.75) is 44.6 Å². The third kappa shape index (κ3) is 5.74. The van der Waals surface area contributed by atoms with Crippen molar-refractivity contribution in [1.82, 2.24) is 5.32 Å². The van der Waals surface area contributed by atoms with Gasteiger partial charge in [-0.3, -0.25) is 4.79 Å². The van der Waals surface area contributed by atoms with Crippen LogP contribution in [0.3, 0.4) is 0 Å². The Morgan fingerprint density at radius 3 is 3.00 bits per heavy atom. The topological polar surface area (TPSA) is 58.6 Å². The molecule has 15 heavy (non-hydrogen) atoms. The van der Waals surface area contributed by atoms with E-state index in [9.17, 15) is 4.79 Å². The fourth-order valence-electron chi connectivity index (χ4n) is 1.73. The standard InChI is InChI=1S/C11H21NO3/c13-8-2-1-5-11(14)12-7-6-10-4-3-9-15-10/h10,13H,1-9H2,(H,12,14). The summed E-state index contributed by atoms with van der Waals surface area (Å²) in [6.07, 6.45) is 5.54. The normalized spacial score (nSPS) is 20.5. The second kappa shape index (κ2) is 7.65. The number of carbonyl (C=O) groups is 1. The van der Waals surface area contributed by atoms with Gasteiger partial charge in [-0.15, -0.1) is 0 Å². The number of hydrogen-bond donors (Lipinski definition) is 2. The summed E-state index contributed by atoms with van der Waals surface area (Å²) in [5.41, 5.74) is 0. The highest BCUT2D eigenvalue weighted by atomic mass is 16.5. The Morgan fingerprint density at radius 1 is 1.47 bits per heavy atom. The molecule has 0 aromatic heterocycles. The van der Waals surface area contributed by atoms with Crippen LogP contribution in [-0.4, -0.2) is 36.9 Å². The summed E-state index contributed by atoms with van der Waals surface area (Å²) >= 11 is 0. The van der Waals surface area contributed by atoms with Gasteiger partial charge in [-0.05, 0) is 32.1 Å². The van der Waals surface area contributed by atoms with Gasteiger partial charge in [0.25, 0.3) is 0 Å². The minimum absolute atomic E-state index is 0.0847. The first-order valence-electron chi connectivity index (χ1n) is 5.82. The molecule has 0 aromatic rings. The summed E-state index contributed by atoms with van der Waals surface area (Å²) < 4.78 is 5.45. The van der Waals surface area contributed by atoms with Crippen LogP contribution in [0.1, 0.15) is 38.5 Å². The minimum Gasteiger partial charge on any atom is -0.396 e. The molecule has 0 aromatic carbocycles. The fourth-order valence-corrected chi connectivity index (χ4v) is 1.73. The van der Waals surface area contributed by atoms with Gasteiger partial charge < -0.3 is 15.2 Å². The number of aliphatic hydroxyl groups excluding tert-OH is 1. The summed E-state index contributed by atoms with van der Waals surface area (Å²) in [7, 11) is 0. The van der Waals surface area contributed by atoms with Crippen molar-refractivity contribution < 1.29 is 14.6 Å². The Balaban J connectivity index is 1.91. The van der Waals surface area contributed by atoms with E-state index in [1.807, 2.05) is 0 Å². The molecule has 1 aliphatic rings. The van der Waals surface area contributed by atoms with Crippen molar-refractivity contribution in [2.75, 3.05) is 19.8 Å². The Bertz CT molecular complexity index is 179. The first-order chi connectivity index (χ1) is 7.33. The summed E-state index contributed by atoms with van der Waals surface area (Å²) in [6, 6.07) is 0. The zero-order valence-electron chi connectivity index (χ0n) is 9.21. The van der Waals surface area contributed by atoms with Gasteiger partial charge >= 0.3 is 0 Å². The van der Waals surface area contributed by atoms with Crippen molar-refractivity contribution in [3.8, 4) is 0 Å². The second-order valence-electron chi connectivity index (χ2n) is 3.95. The molecule has 0 saturated carbocycles. The third-order valence-electron chi connectivity index (χ3n) is 2.62. The molecule has 1 aliphatic heterocycles. The SMILES string of the molecule is O=C(CCCCO)NCCC1CCCO1. The average molecular weight is 215 g/mol. The van der Waals surface area contributed by atoms with E-state index in [2.05, 4.69) is 5.32 Å². The minimum atomic E-state index is 0.0847. The predicted molar refractivity (Wildman–Crippen MR) is 57.5 cm³/mol. The molecular weight excluding hydrogens is 194 g/mol. The molecule has 1 saturated heterocycles. The Labute approximate surface area is 91.0 Å². The van der Waals surface area contributed by atoms with E-state index in [4.69, 9.17) is 9.84 Å². The van der Waals surface area contributed by atoms with E-state index in [0.29, 0.717) is 25.5 Å². The molecule has 1 atom stereocenters. The van der Waals surface area contributed by atoms with Crippen LogP contribution in [0.25, 0.3) is 0 Å². The molecule has 0 bridgehead atoms. The van der Waals surface area contributed by atoms with Gasteiger partial charge in [0.15, 0.2) is 0 Å². The van der Waals surface area contributed by atoms with Crippen molar-refractivity contribution >= 4 is 5.91 Å². The first kappa shape index (κ1) is 12.5. The molecule has 88 valence electrons. The third-order valence-corrected chi connectivity index (χ3v) is 2.62. The van der Waals surface area contributed by atoms with Crippen molar-refractivity contribution in [1.29, 1.82) is 0 Å². The molecule has 4 heteroatoms. The van der Waals surface area contributed by atoms with Crippen molar-refractivity contribution in [3.05, 3.63) is 0 Å². The molecule has 0 spiro atoms. The van der Waals surface area contributed by atoms with Crippen molar-refractivity contribution in [3.63, 3.8) is 0 Å². The summed E-state index contributed by atoms with van der Waals surface area (Å²) in [4.78, 5) is 11.3. The number of amides is 1. The van der Waals surface area contributed by atoms with E-state index in [0.717, 1.165) is 32.3 Å². The van der Waals surface area contributed by atoms with Crippen LogP contribution >= 0.6 is 0 Å². The molecule has 4 nitrogen and oxygen atoms in total. The van der Waals surface area contributed by atoms with Crippen LogP contribution < -0.4 is 5.32 Å². The molecule has 1 rings (SSSR count). The maximum Gasteiger partial charge on any atom is 0.219 e. The lowest BCUT2D eigenvalue weighted by molar-refractivity contribution is -0.121. The number of ether oxygens (including phenoxy) is 1. The largest absolute Gasteiger partial charge is 0.396 e. The quantitative estimate of drug-likeness (QED) is 0.619. The highest BCUT2D eigenvalue weighted by Gasteiger charge is 2.14. The van der Waals surface area contributed by atoms with E-state index < -0.39 is 0 Å². The Kier molecular flexibility index (Phi) is 6.36. The zero-order valence-corrected chi connectivity index (χ0v) is 9.21. The summed E-state index contributed by atoms with van der Waals surface area (Å²) in [6.45, 7) is 1.75. The number of aliphatic hydroxyl groups is 1. The molecule has 1 heterocycles. The van der Waals surface area contributed by atoms with E-state index in [1.165, 1.54) is 0 Å². The maximum atomic E-state index is 11.3. The molecule has 2 N–H and O–H groups in total. The predicted octanol–water partition coefficient (Wildman–Crippen LogP) is 0.834. The summed E-state index contributed by atoms with van der Waals surface area (Å²) in [5, 5.41) is 11.4. The van der Waals surface area contributed by atoms with E-state index in [-0.39, 0.29) is 12.5 Å². The highest BCUT2D eigenvalue weighted by Crippen LogP contribution is 2.14. The van der Waals surface area contributed by atoms with Crippen molar-refractivity contribution in [2.24, 2.45) is 0 Å². The van der Waals surface area contributed by atoms with Crippen LogP contribution in [-0.2, 0) is 9.53 Å². The smallest absolute Gasteiger partial charge is 0.219 e. The van der Waals surface area contributed by atoms with Gasteiger partial charge in [-0.2, -0.15) is 0 Å². The molecule has 1 amide bonds. The Hall–Kier alpha value is -0.610. The second-order valence-corrected chi connectivity index (χ2v) is 3.95. The van der Waals surface area contributed by atoms with Crippen LogP contribution in [0, 0.1) is 0 Å². The number of unbranched alkanes of at least 4 members (excludes halogenated alkanes) is 1. The van der Waals surface area contributed by atoms with E-state index >= 15 is 0 Å². The lowest BCUT2D eigenvalue weighted by Crippen LogP contribution is -2.26. The Morgan fingerprint density at radius 2 is 2.33 bits per heavy atom. The first-order valence-corrected chi connectivity index (χ1v) is 5.82. The summed E-state index contributed by atoms with van der Waals surface area (Å²) in [5.74, 6) is 0.0847. The zero-order chi connectivity index (χ0) is 10.9. The van der Waals surface area contributed by atoms with Gasteiger partial charge in [0, 0.05) is 26.2 Å². The molecule has 0 radical (unpaired) electrons.